The van der Waals surface area contributed by atoms with Gasteiger partial charge in [0.2, 0.25) is 0 Å². The van der Waals surface area contributed by atoms with Gasteiger partial charge in [0.05, 0.1) is 23.2 Å². The van der Waals surface area contributed by atoms with Crippen LogP contribution in [-0.2, 0) is 4.79 Å². The molecule has 1 atom stereocenters. The Morgan fingerprint density at radius 2 is 2.00 bits per heavy atom. The number of para-hydroxylation sites is 1. The minimum absolute atomic E-state index is 0.182. The molecule has 0 saturated carbocycles. The fourth-order valence-corrected chi connectivity index (χ4v) is 3.38. The fourth-order valence-electron chi connectivity index (χ4n) is 3.38. The second-order valence-electron chi connectivity index (χ2n) is 6.00. The Bertz CT molecular complexity index is 663. The van der Waals surface area contributed by atoms with Crippen molar-refractivity contribution in [3.63, 3.8) is 0 Å². The minimum atomic E-state index is -0.656. The maximum atomic E-state index is 11.1. The molecule has 0 amide bonds. The number of fused-ring (bicyclic) bond motifs is 1. The summed E-state index contributed by atoms with van der Waals surface area (Å²) in [4.78, 5) is 18.3. The number of aromatic nitrogens is 1. The summed E-state index contributed by atoms with van der Waals surface area (Å²) in [6.45, 7) is 3.85. The van der Waals surface area contributed by atoms with Crippen molar-refractivity contribution in [1.29, 1.82) is 0 Å². The number of hydrogen-bond donors (Lipinski definition) is 1. The summed E-state index contributed by atoms with van der Waals surface area (Å²) in [7, 11) is 0. The van der Waals surface area contributed by atoms with Gasteiger partial charge in [-0.3, -0.25) is 14.7 Å². The van der Waals surface area contributed by atoms with E-state index in [0.717, 1.165) is 48.9 Å². The van der Waals surface area contributed by atoms with Crippen LogP contribution in [0, 0.1) is 5.92 Å². The topological polar surface area (TPSA) is 53.4 Å². The highest BCUT2D eigenvalue weighted by Gasteiger charge is 2.29. The summed E-state index contributed by atoms with van der Waals surface area (Å²) in [5.41, 5.74) is 2.12. The summed E-state index contributed by atoms with van der Waals surface area (Å²) in [6, 6.07) is 12.7. The summed E-state index contributed by atoms with van der Waals surface area (Å²) in [5.74, 6) is -0.838. The normalized spacial score (nSPS) is 18.4. The smallest absolute Gasteiger partial charge is 0.306 e. The van der Waals surface area contributed by atoms with Gasteiger partial charge in [-0.15, -0.1) is 0 Å². The monoisotopic (exact) mass is 298 g/mol. The molecular weight excluding hydrogens is 276 g/mol. The zero-order valence-electron chi connectivity index (χ0n) is 12.9. The maximum Gasteiger partial charge on any atom is 0.306 e. The van der Waals surface area contributed by atoms with E-state index in [0.29, 0.717) is 0 Å². The molecule has 0 bridgehead atoms. The third-order valence-electron chi connectivity index (χ3n) is 4.67. The number of nitrogens with zero attached hydrogens (tertiary/aromatic N) is 2. The van der Waals surface area contributed by atoms with Crippen LogP contribution in [0.25, 0.3) is 10.9 Å². The Kier molecular flexibility index (Phi) is 4.39. The summed E-state index contributed by atoms with van der Waals surface area (Å²) < 4.78 is 0. The molecule has 4 heteroatoms. The number of piperidine rings is 1. The Hall–Kier alpha value is -1.94. The molecule has 1 N–H and O–H groups in total. The lowest BCUT2D eigenvalue weighted by molar-refractivity contribution is -0.143. The van der Waals surface area contributed by atoms with E-state index < -0.39 is 5.97 Å². The highest BCUT2D eigenvalue weighted by atomic mass is 16.4. The number of carboxylic acid groups (broad SMARTS) is 1. The van der Waals surface area contributed by atoms with Crippen molar-refractivity contribution in [3.8, 4) is 0 Å². The number of carboxylic acids is 1. The van der Waals surface area contributed by atoms with Gasteiger partial charge in [-0.2, -0.15) is 0 Å². The first-order valence-corrected chi connectivity index (χ1v) is 8.01. The molecule has 0 spiro atoms. The fraction of sp³-hybridized carbons (Fsp3) is 0.444. The maximum absolute atomic E-state index is 11.1. The highest BCUT2D eigenvalue weighted by molar-refractivity contribution is 5.78. The molecule has 1 unspecified atom stereocenters. The van der Waals surface area contributed by atoms with E-state index in [9.17, 15) is 4.79 Å². The van der Waals surface area contributed by atoms with E-state index in [1.165, 1.54) is 0 Å². The quantitative estimate of drug-likeness (QED) is 0.939. The molecule has 2 aromatic rings. The molecule has 4 nitrogen and oxygen atoms in total. The molecule has 22 heavy (non-hydrogen) atoms. The molecule has 2 heterocycles. The van der Waals surface area contributed by atoms with Gasteiger partial charge >= 0.3 is 5.97 Å². The molecule has 1 aromatic carbocycles. The van der Waals surface area contributed by atoms with E-state index in [1.54, 1.807) is 0 Å². The van der Waals surface area contributed by atoms with Crippen LogP contribution in [0.5, 0.6) is 0 Å². The van der Waals surface area contributed by atoms with Crippen LogP contribution in [0.15, 0.2) is 36.4 Å². The first kappa shape index (κ1) is 15.0. The zero-order chi connectivity index (χ0) is 15.5. The third-order valence-corrected chi connectivity index (χ3v) is 4.67. The molecule has 1 aliphatic rings. The minimum Gasteiger partial charge on any atom is -0.481 e. The first-order valence-electron chi connectivity index (χ1n) is 8.01. The van der Waals surface area contributed by atoms with Crippen molar-refractivity contribution in [2.24, 2.45) is 5.92 Å². The zero-order valence-corrected chi connectivity index (χ0v) is 12.9. The lowest BCUT2D eigenvalue weighted by Crippen LogP contribution is -2.38. The molecule has 1 fully saturated rings. The highest BCUT2D eigenvalue weighted by Crippen LogP contribution is 2.29. The standard InChI is InChI=1S/C18H22N2O2/c1-2-17(20-11-9-14(10-12-20)18(21)22)16-8-7-13-5-3-4-6-15(13)19-16/h3-8,14,17H,2,9-12H2,1H3,(H,21,22). The van der Waals surface area contributed by atoms with Crippen molar-refractivity contribution in [1.82, 2.24) is 9.88 Å². The van der Waals surface area contributed by atoms with Crippen LogP contribution in [0.2, 0.25) is 0 Å². The Balaban J connectivity index is 1.79. The third kappa shape index (κ3) is 2.97. The van der Waals surface area contributed by atoms with Crippen LogP contribution in [0.3, 0.4) is 0 Å². The molecular formula is C18H22N2O2. The first-order chi connectivity index (χ1) is 10.7. The van der Waals surface area contributed by atoms with Crippen LogP contribution in [0.4, 0.5) is 0 Å². The molecule has 3 rings (SSSR count). The van der Waals surface area contributed by atoms with Gasteiger partial charge in [0, 0.05) is 5.39 Å². The number of likely N-dealkylation sites (tertiary alicyclic amines) is 1. The van der Waals surface area contributed by atoms with Gasteiger partial charge in [-0.25, -0.2) is 0 Å². The van der Waals surface area contributed by atoms with Gasteiger partial charge in [0.1, 0.15) is 0 Å². The number of rotatable bonds is 4. The predicted octanol–water partition coefficient (Wildman–Crippen LogP) is 3.48. The van der Waals surface area contributed by atoms with Crippen molar-refractivity contribution in [2.75, 3.05) is 13.1 Å². The van der Waals surface area contributed by atoms with E-state index >= 15 is 0 Å². The second kappa shape index (κ2) is 6.44. The second-order valence-corrected chi connectivity index (χ2v) is 6.00. The molecule has 1 aliphatic heterocycles. The number of benzene rings is 1. The van der Waals surface area contributed by atoms with Crippen molar-refractivity contribution >= 4 is 16.9 Å². The number of aliphatic carboxylic acids is 1. The average molecular weight is 298 g/mol. The largest absolute Gasteiger partial charge is 0.481 e. The van der Waals surface area contributed by atoms with E-state index in [2.05, 4.69) is 30.0 Å². The van der Waals surface area contributed by atoms with Gasteiger partial charge in [-0.1, -0.05) is 31.2 Å². The average Bonchev–Trinajstić information content (AvgIpc) is 2.56. The Morgan fingerprint density at radius 1 is 1.27 bits per heavy atom. The van der Waals surface area contributed by atoms with E-state index in [4.69, 9.17) is 10.1 Å². The number of hydrogen-bond acceptors (Lipinski definition) is 3. The Morgan fingerprint density at radius 3 is 2.68 bits per heavy atom. The molecule has 0 aliphatic carbocycles. The Labute approximate surface area is 130 Å². The van der Waals surface area contributed by atoms with Gasteiger partial charge in [0.15, 0.2) is 0 Å². The van der Waals surface area contributed by atoms with Gasteiger partial charge in [0.25, 0.3) is 0 Å². The van der Waals surface area contributed by atoms with Gasteiger partial charge < -0.3 is 5.11 Å². The van der Waals surface area contributed by atoms with Gasteiger partial charge in [-0.05, 0) is 44.5 Å². The SMILES string of the molecule is CCC(c1ccc2ccccc2n1)N1CCC(C(=O)O)CC1. The lowest BCUT2D eigenvalue weighted by atomic mass is 9.94. The van der Waals surface area contributed by atoms with Crippen molar-refractivity contribution < 1.29 is 9.90 Å². The van der Waals surface area contributed by atoms with Crippen LogP contribution in [0.1, 0.15) is 37.9 Å². The summed E-state index contributed by atoms with van der Waals surface area (Å²) in [5, 5.41) is 10.3. The van der Waals surface area contributed by atoms with Crippen LogP contribution in [-0.4, -0.2) is 34.0 Å². The molecule has 116 valence electrons. The predicted molar refractivity (Wildman–Crippen MR) is 86.7 cm³/mol. The van der Waals surface area contributed by atoms with Crippen molar-refractivity contribution in [3.05, 3.63) is 42.1 Å². The number of pyridine rings is 1. The molecule has 1 aromatic heterocycles. The van der Waals surface area contributed by atoms with Crippen molar-refractivity contribution in [2.45, 2.75) is 32.2 Å². The van der Waals surface area contributed by atoms with E-state index in [-0.39, 0.29) is 12.0 Å². The summed E-state index contributed by atoms with van der Waals surface area (Å²) >= 11 is 0. The lowest BCUT2D eigenvalue weighted by Gasteiger charge is -2.35. The van der Waals surface area contributed by atoms with Crippen LogP contribution >= 0.6 is 0 Å². The number of carbonyl (C=O) groups is 1. The molecule has 0 radical (unpaired) electrons. The van der Waals surface area contributed by atoms with E-state index in [1.807, 2.05) is 18.2 Å². The summed E-state index contributed by atoms with van der Waals surface area (Å²) in [6.07, 6.45) is 2.46. The van der Waals surface area contributed by atoms with Crippen LogP contribution < -0.4 is 0 Å². The molecule has 1 saturated heterocycles.